The van der Waals surface area contributed by atoms with Crippen molar-refractivity contribution in [3.05, 3.63) is 12.2 Å². The molecule has 0 heterocycles. The Labute approximate surface area is 31.5 Å². The Morgan fingerprint density at radius 3 is 2.20 bits per heavy atom. The summed E-state index contributed by atoms with van der Waals surface area (Å²) in [6.45, 7) is 3.62. The smallest absolute Gasteiger partial charge is 0.0289 e. The molecular formula is C4H7N. The summed E-state index contributed by atoms with van der Waals surface area (Å²) >= 11 is 0. The predicted molar refractivity (Wildman–Crippen MR) is 21.7 cm³/mol. The van der Waals surface area contributed by atoms with Crippen LogP contribution in [-0.4, -0.2) is 6.04 Å². The first-order valence-electron chi connectivity index (χ1n) is 1.74. The van der Waals surface area contributed by atoms with E-state index in [2.05, 4.69) is 6.58 Å². The maximum absolute atomic E-state index is 5.27. The van der Waals surface area contributed by atoms with Crippen molar-refractivity contribution in [2.24, 2.45) is 5.73 Å². The van der Waals surface area contributed by atoms with Crippen LogP contribution < -0.4 is 5.73 Å². The molecular weight excluding hydrogens is 62.1 g/mol. The Hall–Kier alpha value is -0.300. The van der Waals surface area contributed by atoms with Crippen LogP contribution in [0, 0.1) is 0 Å². The topological polar surface area (TPSA) is 26.0 Å². The fraction of sp³-hybridized carbons (Fsp3) is 0.500. The lowest BCUT2D eigenvalue weighted by Gasteiger charge is -1.61. The molecule has 28 valence electrons. The molecule has 0 aromatic carbocycles. The standard InChI is InChI=1S/C4H7N/c1-3-2-4(3)5/h4H,1-2,5H2/t4-/m1/s1. The molecule has 0 aromatic heterocycles. The molecule has 0 amide bonds. The van der Waals surface area contributed by atoms with Crippen LogP contribution in [0.15, 0.2) is 12.2 Å². The Balaban J connectivity index is 2.47. The molecule has 0 aromatic rings. The van der Waals surface area contributed by atoms with E-state index in [-0.39, 0.29) is 0 Å². The number of rotatable bonds is 0. The minimum absolute atomic E-state index is 0.356. The summed E-state index contributed by atoms with van der Waals surface area (Å²) in [5, 5.41) is 0. The molecule has 1 saturated carbocycles. The van der Waals surface area contributed by atoms with Crippen molar-refractivity contribution in [1.29, 1.82) is 0 Å². The number of hydrogen-bond acceptors (Lipinski definition) is 1. The molecule has 2 N–H and O–H groups in total. The van der Waals surface area contributed by atoms with Gasteiger partial charge in [0, 0.05) is 6.04 Å². The van der Waals surface area contributed by atoms with Gasteiger partial charge in [-0.3, -0.25) is 0 Å². The zero-order valence-electron chi connectivity index (χ0n) is 3.07. The lowest BCUT2D eigenvalue weighted by Crippen LogP contribution is -1.95. The van der Waals surface area contributed by atoms with Crippen molar-refractivity contribution in [3.63, 3.8) is 0 Å². The third kappa shape index (κ3) is 0.329. The molecule has 5 heavy (non-hydrogen) atoms. The molecule has 1 heteroatoms. The third-order valence-electron chi connectivity index (χ3n) is 0.846. The largest absolute Gasteiger partial charge is 0.324 e. The zero-order chi connectivity index (χ0) is 3.86. The van der Waals surface area contributed by atoms with Crippen LogP contribution in [0.5, 0.6) is 0 Å². The van der Waals surface area contributed by atoms with Gasteiger partial charge in [-0.2, -0.15) is 0 Å². The van der Waals surface area contributed by atoms with Gasteiger partial charge in [-0.05, 0) is 6.42 Å². The quantitative estimate of drug-likeness (QED) is 0.406. The molecule has 0 unspecified atom stereocenters. The summed E-state index contributed by atoms with van der Waals surface area (Å²) in [6.07, 6.45) is 1.06. The van der Waals surface area contributed by atoms with Gasteiger partial charge in [-0.25, -0.2) is 0 Å². The Morgan fingerprint density at radius 2 is 2.20 bits per heavy atom. The van der Waals surface area contributed by atoms with E-state index in [9.17, 15) is 0 Å². The van der Waals surface area contributed by atoms with Gasteiger partial charge in [0.15, 0.2) is 0 Å². The highest BCUT2D eigenvalue weighted by Gasteiger charge is 2.20. The SMILES string of the molecule is C=C1C[C@H]1N. The van der Waals surface area contributed by atoms with Crippen molar-refractivity contribution in [3.8, 4) is 0 Å². The molecule has 1 atom stereocenters. The van der Waals surface area contributed by atoms with E-state index in [0.29, 0.717) is 6.04 Å². The summed E-state index contributed by atoms with van der Waals surface area (Å²) in [5.74, 6) is 0. The summed E-state index contributed by atoms with van der Waals surface area (Å²) in [4.78, 5) is 0. The molecule has 0 radical (unpaired) electrons. The second-order valence-corrected chi connectivity index (χ2v) is 1.47. The molecule has 0 aliphatic heterocycles. The first-order valence-corrected chi connectivity index (χ1v) is 1.74. The van der Waals surface area contributed by atoms with E-state index in [4.69, 9.17) is 5.73 Å². The molecule has 1 aliphatic rings. The highest BCUT2D eigenvalue weighted by molar-refractivity contribution is 5.22. The summed E-state index contributed by atoms with van der Waals surface area (Å²) in [6, 6.07) is 0.356. The van der Waals surface area contributed by atoms with Crippen molar-refractivity contribution >= 4 is 0 Å². The van der Waals surface area contributed by atoms with E-state index in [1.807, 2.05) is 0 Å². The van der Waals surface area contributed by atoms with Crippen LogP contribution >= 0.6 is 0 Å². The first kappa shape index (κ1) is 2.91. The maximum atomic E-state index is 5.27. The molecule has 0 bridgehead atoms. The molecule has 0 spiro atoms. The fourth-order valence-corrected chi connectivity index (χ4v) is 0.224. The zero-order valence-corrected chi connectivity index (χ0v) is 3.07. The van der Waals surface area contributed by atoms with Crippen LogP contribution in [0.25, 0.3) is 0 Å². The highest BCUT2D eigenvalue weighted by atomic mass is 14.7. The molecule has 1 rings (SSSR count). The lowest BCUT2D eigenvalue weighted by atomic mass is 10.7. The highest BCUT2D eigenvalue weighted by Crippen LogP contribution is 2.22. The van der Waals surface area contributed by atoms with Crippen molar-refractivity contribution in [2.75, 3.05) is 0 Å². The maximum Gasteiger partial charge on any atom is 0.0289 e. The first-order chi connectivity index (χ1) is 2.30. The Bertz CT molecular complexity index is 66.0. The van der Waals surface area contributed by atoms with E-state index in [1.165, 1.54) is 5.57 Å². The predicted octanol–water partition coefficient (Wildman–Crippen LogP) is 0.274. The van der Waals surface area contributed by atoms with Crippen molar-refractivity contribution < 1.29 is 0 Å². The third-order valence-corrected chi connectivity index (χ3v) is 0.846. The summed E-state index contributed by atoms with van der Waals surface area (Å²) < 4.78 is 0. The van der Waals surface area contributed by atoms with Crippen LogP contribution in [0.1, 0.15) is 6.42 Å². The van der Waals surface area contributed by atoms with E-state index >= 15 is 0 Å². The van der Waals surface area contributed by atoms with Crippen molar-refractivity contribution in [2.45, 2.75) is 12.5 Å². The minimum atomic E-state index is 0.356. The Kier molecular flexibility index (Phi) is 0.350. The summed E-state index contributed by atoms with van der Waals surface area (Å²) in [7, 11) is 0. The van der Waals surface area contributed by atoms with Crippen LogP contribution in [0.2, 0.25) is 0 Å². The normalized spacial score (nSPS) is 34.6. The van der Waals surface area contributed by atoms with Gasteiger partial charge in [0.2, 0.25) is 0 Å². The average molecular weight is 69.1 g/mol. The molecule has 1 nitrogen and oxygen atoms in total. The second-order valence-electron chi connectivity index (χ2n) is 1.47. The van der Waals surface area contributed by atoms with Gasteiger partial charge >= 0.3 is 0 Å². The fourth-order valence-electron chi connectivity index (χ4n) is 0.224. The van der Waals surface area contributed by atoms with Crippen molar-refractivity contribution in [1.82, 2.24) is 0 Å². The van der Waals surface area contributed by atoms with Gasteiger partial charge in [-0.15, -0.1) is 0 Å². The van der Waals surface area contributed by atoms with Crippen LogP contribution in [-0.2, 0) is 0 Å². The van der Waals surface area contributed by atoms with E-state index in [0.717, 1.165) is 6.42 Å². The van der Waals surface area contributed by atoms with Gasteiger partial charge in [0.1, 0.15) is 0 Å². The van der Waals surface area contributed by atoms with E-state index in [1.54, 1.807) is 0 Å². The Morgan fingerprint density at radius 1 is 2.00 bits per heavy atom. The van der Waals surface area contributed by atoms with Crippen LogP contribution in [0.3, 0.4) is 0 Å². The van der Waals surface area contributed by atoms with Gasteiger partial charge < -0.3 is 5.73 Å². The van der Waals surface area contributed by atoms with E-state index < -0.39 is 0 Å². The van der Waals surface area contributed by atoms with Gasteiger partial charge in [0.05, 0.1) is 0 Å². The molecule has 1 aliphatic carbocycles. The van der Waals surface area contributed by atoms with Crippen LogP contribution in [0.4, 0.5) is 0 Å². The minimum Gasteiger partial charge on any atom is -0.324 e. The molecule has 0 saturated heterocycles. The lowest BCUT2D eigenvalue weighted by molar-refractivity contribution is 1.10. The van der Waals surface area contributed by atoms with Gasteiger partial charge in [0.25, 0.3) is 0 Å². The number of hydrogen-bond donors (Lipinski definition) is 1. The summed E-state index contributed by atoms with van der Waals surface area (Å²) in [5.41, 5.74) is 6.47. The number of nitrogens with two attached hydrogens (primary N) is 1. The average Bonchev–Trinajstić information content (AvgIpc) is 1.79. The monoisotopic (exact) mass is 69.1 g/mol. The molecule has 1 fully saturated rings. The van der Waals surface area contributed by atoms with Gasteiger partial charge in [-0.1, -0.05) is 12.2 Å². The second kappa shape index (κ2) is 0.601.